The number of hydrogen-bond acceptors (Lipinski definition) is 8. The minimum Gasteiger partial charge on any atom is -0.489 e. The van der Waals surface area contributed by atoms with Crippen LogP contribution in [-0.2, 0) is 21.0 Å². The predicted molar refractivity (Wildman–Crippen MR) is 165 cm³/mol. The van der Waals surface area contributed by atoms with Crippen LogP contribution in [0.3, 0.4) is 0 Å². The Morgan fingerprint density at radius 2 is 1.50 bits per heavy atom. The molecular weight excluding hydrogens is 682 g/mol. The van der Waals surface area contributed by atoms with Crippen molar-refractivity contribution in [3.63, 3.8) is 0 Å². The zero-order valence-corrected chi connectivity index (χ0v) is 26.8. The van der Waals surface area contributed by atoms with Gasteiger partial charge < -0.3 is 20.3 Å². The summed E-state index contributed by atoms with van der Waals surface area (Å²) in [4.78, 5) is 49.6. The van der Waals surface area contributed by atoms with Crippen molar-refractivity contribution in [3.05, 3.63) is 84.1 Å². The molecule has 1 aliphatic rings. The normalized spacial score (nSPS) is 16.2. The van der Waals surface area contributed by atoms with Gasteiger partial charge in [0.15, 0.2) is 0 Å². The van der Waals surface area contributed by atoms with Gasteiger partial charge in [0, 0.05) is 40.8 Å². The maximum absolute atomic E-state index is 13.0. The van der Waals surface area contributed by atoms with E-state index in [0.29, 0.717) is 31.0 Å². The van der Waals surface area contributed by atoms with Crippen LogP contribution >= 0.6 is 0 Å². The van der Waals surface area contributed by atoms with Crippen molar-refractivity contribution < 1.29 is 65.7 Å². The van der Waals surface area contributed by atoms with E-state index in [9.17, 15) is 41.1 Å². The Labute approximate surface area is 281 Å². The molecule has 1 aromatic heterocycles. The molecule has 0 aliphatic carbocycles. The van der Waals surface area contributed by atoms with Crippen LogP contribution in [0.15, 0.2) is 67.3 Å². The molecule has 0 saturated carbocycles. The third-order valence-corrected chi connectivity index (χ3v) is 7.32. The summed E-state index contributed by atoms with van der Waals surface area (Å²) >= 11 is 0. The number of benzene rings is 2. The SMILES string of the molecule is C=CC(C)(C)N1C[C@H](C(=O)NO)[C@H](NC(=O)c2ccc(OCc3cc(C)nc4ccccc34)cc2)C1.O=C(O)C(F)(F)F.O=C(O)C(F)(F)F. The van der Waals surface area contributed by atoms with Gasteiger partial charge in [-0.3, -0.25) is 24.7 Å². The Morgan fingerprint density at radius 1 is 0.960 bits per heavy atom. The average Bonchev–Trinajstić information content (AvgIpc) is 3.47. The number of fused-ring (bicyclic) bond motifs is 1. The highest BCUT2D eigenvalue weighted by molar-refractivity contribution is 5.95. The molecule has 0 radical (unpaired) electrons. The molecule has 18 heteroatoms. The number of nitrogens with one attached hydrogen (secondary N) is 2. The van der Waals surface area contributed by atoms with Gasteiger partial charge in [0.1, 0.15) is 12.4 Å². The number of carbonyl (C=O) groups is 4. The second-order valence-electron chi connectivity index (χ2n) is 11.3. The van der Waals surface area contributed by atoms with Crippen molar-refractivity contribution in [2.75, 3.05) is 13.1 Å². The first-order chi connectivity index (χ1) is 23.1. The maximum Gasteiger partial charge on any atom is 0.490 e. The van der Waals surface area contributed by atoms with Crippen molar-refractivity contribution in [1.82, 2.24) is 20.7 Å². The quantitative estimate of drug-likeness (QED) is 0.0934. The molecule has 5 N–H and O–H groups in total. The maximum atomic E-state index is 13.0. The van der Waals surface area contributed by atoms with E-state index >= 15 is 0 Å². The number of hydroxylamine groups is 1. The van der Waals surface area contributed by atoms with Gasteiger partial charge in [0.05, 0.1) is 17.5 Å². The van der Waals surface area contributed by atoms with Crippen LogP contribution in [0.25, 0.3) is 10.9 Å². The number of hydrogen-bond donors (Lipinski definition) is 5. The molecule has 2 heterocycles. The van der Waals surface area contributed by atoms with Crippen LogP contribution in [0.5, 0.6) is 5.75 Å². The molecule has 0 unspecified atom stereocenters. The number of aryl methyl sites for hydroxylation is 1. The number of likely N-dealkylation sites (tertiary alicyclic amines) is 1. The molecule has 2 atom stereocenters. The van der Waals surface area contributed by atoms with Crippen molar-refractivity contribution in [2.24, 2.45) is 5.92 Å². The van der Waals surface area contributed by atoms with Crippen molar-refractivity contribution in [2.45, 2.75) is 51.3 Å². The summed E-state index contributed by atoms with van der Waals surface area (Å²) in [7, 11) is 0. The monoisotopic (exact) mass is 716 g/mol. The number of carboxylic acid groups (broad SMARTS) is 2. The summed E-state index contributed by atoms with van der Waals surface area (Å²) in [5, 5.41) is 27.4. The number of aromatic nitrogens is 1. The first-order valence-electron chi connectivity index (χ1n) is 14.4. The van der Waals surface area contributed by atoms with Crippen LogP contribution < -0.4 is 15.5 Å². The van der Waals surface area contributed by atoms with E-state index in [4.69, 9.17) is 24.5 Å². The largest absolute Gasteiger partial charge is 0.490 e. The van der Waals surface area contributed by atoms with E-state index in [1.54, 1.807) is 35.8 Å². The molecule has 3 aromatic rings. The zero-order valence-electron chi connectivity index (χ0n) is 26.8. The number of rotatable bonds is 8. The number of alkyl halides is 6. The average molecular weight is 717 g/mol. The predicted octanol–water partition coefficient (Wildman–Crippen LogP) is 4.89. The highest BCUT2D eigenvalue weighted by atomic mass is 19.4. The molecule has 0 spiro atoms. The van der Waals surface area contributed by atoms with Crippen LogP contribution in [-0.4, -0.2) is 86.1 Å². The van der Waals surface area contributed by atoms with Crippen LogP contribution in [0.1, 0.15) is 35.5 Å². The van der Waals surface area contributed by atoms with E-state index in [0.717, 1.165) is 22.2 Å². The summed E-state index contributed by atoms with van der Waals surface area (Å²) in [5.41, 5.74) is 4.72. The number of pyridine rings is 1. The summed E-state index contributed by atoms with van der Waals surface area (Å²) in [6, 6.07) is 16.4. The van der Waals surface area contributed by atoms with Gasteiger partial charge >= 0.3 is 24.3 Å². The van der Waals surface area contributed by atoms with E-state index in [1.165, 1.54) is 0 Å². The van der Waals surface area contributed by atoms with Crippen LogP contribution in [0.4, 0.5) is 26.3 Å². The fraction of sp³-hybridized carbons (Fsp3) is 0.344. The number of carboxylic acids is 2. The highest BCUT2D eigenvalue weighted by Gasteiger charge is 2.43. The van der Waals surface area contributed by atoms with E-state index < -0.39 is 42.2 Å². The lowest BCUT2D eigenvalue weighted by Crippen LogP contribution is -2.46. The molecule has 1 saturated heterocycles. The highest BCUT2D eigenvalue weighted by Crippen LogP contribution is 2.27. The Kier molecular flexibility index (Phi) is 13.9. The molecule has 4 rings (SSSR count). The summed E-state index contributed by atoms with van der Waals surface area (Å²) in [6.45, 7) is 11.0. The molecule has 1 aliphatic heterocycles. The molecule has 50 heavy (non-hydrogen) atoms. The lowest BCUT2D eigenvalue weighted by atomic mass is 10.0. The number of aliphatic carboxylic acids is 2. The van der Waals surface area contributed by atoms with Crippen molar-refractivity contribution in [3.8, 4) is 5.75 Å². The van der Waals surface area contributed by atoms with Gasteiger partial charge in [-0.1, -0.05) is 24.3 Å². The van der Waals surface area contributed by atoms with Gasteiger partial charge in [-0.05, 0) is 57.2 Å². The molecule has 1 fully saturated rings. The standard InChI is InChI=1S/C28H32N4O4.2C2HF3O2/c1-5-28(3,4)32-15-23(27(34)31-35)25(16-32)30-26(33)19-10-12-21(13-11-19)36-17-20-14-18(2)29-24-9-7-6-8-22(20)24;2*3-2(4,5)1(6)7/h5-14,23,25,35H,1,15-17H2,2-4H3,(H,30,33)(H,31,34);2*(H,6,7)/t23-,25+;;/m0../s1. The third kappa shape index (κ3) is 11.7. The number of nitrogens with zero attached hydrogens (tertiary/aromatic N) is 2. The lowest BCUT2D eigenvalue weighted by Gasteiger charge is -2.32. The molecular formula is C32H34F6N4O8. The van der Waals surface area contributed by atoms with Crippen molar-refractivity contribution >= 4 is 34.7 Å². The number of carbonyl (C=O) groups excluding carboxylic acids is 2. The lowest BCUT2D eigenvalue weighted by molar-refractivity contribution is -0.193. The Balaban J connectivity index is 0.000000521. The minimum atomic E-state index is -5.08. The summed E-state index contributed by atoms with van der Waals surface area (Å²) in [6.07, 6.45) is -8.36. The fourth-order valence-electron chi connectivity index (χ4n) is 4.53. The smallest absolute Gasteiger partial charge is 0.489 e. The Hall–Kier alpha value is -5.23. The van der Waals surface area contributed by atoms with Gasteiger partial charge in [0.2, 0.25) is 5.91 Å². The Bertz CT molecular complexity index is 1660. The van der Waals surface area contributed by atoms with Gasteiger partial charge in [-0.15, -0.1) is 6.58 Å². The molecule has 12 nitrogen and oxygen atoms in total. The molecule has 0 bridgehead atoms. The first kappa shape index (κ1) is 40.9. The number of amides is 2. The topological polar surface area (TPSA) is 178 Å². The second-order valence-corrected chi connectivity index (χ2v) is 11.3. The number of halogens is 6. The zero-order chi connectivity index (χ0) is 38.0. The first-order valence-corrected chi connectivity index (χ1v) is 14.4. The Morgan fingerprint density at radius 3 is 2.00 bits per heavy atom. The third-order valence-electron chi connectivity index (χ3n) is 7.32. The van der Waals surface area contributed by atoms with E-state index in [1.807, 2.05) is 51.1 Å². The van der Waals surface area contributed by atoms with Crippen molar-refractivity contribution in [1.29, 1.82) is 0 Å². The van der Waals surface area contributed by atoms with Gasteiger partial charge in [0.25, 0.3) is 5.91 Å². The molecule has 2 amide bonds. The summed E-state index contributed by atoms with van der Waals surface area (Å²) < 4.78 is 69.5. The van der Waals surface area contributed by atoms with Gasteiger partial charge in [-0.2, -0.15) is 26.3 Å². The summed E-state index contributed by atoms with van der Waals surface area (Å²) in [5.74, 6) is -6.27. The fourth-order valence-corrected chi connectivity index (χ4v) is 4.53. The van der Waals surface area contributed by atoms with E-state index in [2.05, 4.69) is 21.8 Å². The second kappa shape index (κ2) is 16.9. The number of ether oxygens (including phenoxy) is 1. The van der Waals surface area contributed by atoms with Crippen LogP contribution in [0, 0.1) is 12.8 Å². The van der Waals surface area contributed by atoms with E-state index in [-0.39, 0.29) is 11.4 Å². The number of para-hydroxylation sites is 1. The van der Waals surface area contributed by atoms with Gasteiger partial charge in [-0.25, -0.2) is 15.1 Å². The minimum absolute atomic E-state index is 0.295. The molecule has 2 aromatic carbocycles. The van der Waals surface area contributed by atoms with Crippen LogP contribution in [0.2, 0.25) is 0 Å². The molecule has 272 valence electrons.